The van der Waals surface area contributed by atoms with Crippen LogP contribution in [0.15, 0.2) is 51.1 Å². The van der Waals surface area contributed by atoms with Gasteiger partial charge in [0.15, 0.2) is 14.7 Å². The summed E-state index contributed by atoms with van der Waals surface area (Å²) >= 11 is 0. The summed E-state index contributed by atoms with van der Waals surface area (Å²) < 4.78 is 0. The molecule has 0 bridgehead atoms. The van der Waals surface area contributed by atoms with Crippen LogP contribution in [0.25, 0.3) is 0 Å². The molecule has 0 aliphatic carbocycles. The van der Waals surface area contributed by atoms with Crippen LogP contribution in [-0.2, 0) is 73.5 Å². The van der Waals surface area contributed by atoms with Gasteiger partial charge in [-0.15, -0.1) is 0 Å². The fourth-order valence-corrected chi connectivity index (χ4v) is 15.0. The van der Waals surface area contributed by atoms with Crippen molar-refractivity contribution in [1.82, 2.24) is 0 Å². The zero-order valence-electron chi connectivity index (χ0n) is 53.0. The Morgan fingerprint density at radius 3 is 0.558 bits per heavy atom. The second kappa shape index (κ2) is 47.2. The molecule has 0 saturated heterocycles. The number of aryl methyl sites for hydroxylation is 9. The fraction of sp³-hybridized carbons (Fsp3) is 0.743. The predicted octanol–water partition coefficient (Wildman–Crippen LogP) is 22.6. The van der Waals surface area contributed by atoms with Crippen LogP contribution in [0, 0.1) is 0 Å². The second-order valence-corrected chi connectivity index (χ2v) is 25.7. The van der Waals surface area contributed by atoms with Gasteiger partial charge in [-0.05, 0) is 139 Å². The lowest BCUT2D eigenvalue weighted by molar-refractivity contribution is -0.302. The van der Waals surface area contributed by atoms with Gasteiger partial charge in [-0.25, -0.2) is 0 Å². The van der Waals surface area contributed by atoms with E-state index < -0.39 is 5.97 Å². The first-order valence-corrected chi connectivity index (χ1v) is 35.3. The Bertz CT molecular complexity index is 1600. The van der Waals surface area contributed by atoms with E-state index in [1.807, 2.05) is 14.7 Å². The van der Waals surface area contributed by atoms with Gasteiger partial charge in [-0.3, -0.25) is 0 Å². The van der Waals surface area contributed by atoms with Gasteiger partial charge in [0, 0.05) is 39.4 Å². The van der Waals surface area contributed by atoms with Gasteiger partial charge in [0.2, 0.25) is 0 Å². The number of aliphatic carboxylic acids is 1. The first-order chi connectivity index (χ1) is 37.7. The molecule has 3 heteroatoms. The van der Waals surface area contributed by atoms with Crippen LogP contribution in [0.1, 0.15) is 350 Å². The molecule has 0 amide bonds. The van der Waals surface area contributed by atoms with Crippen LogP contribution in [-0.4, -0.2) is 5.97 Å². The molecule has 0 saturated carbocycles. The molecule has 0 aromatic heterocycles. The molecule has 0 fully saturated rings. The molecule has 3 rings (SSSR count). The van der Waals surface area contributed by atoms with E-state index in [4.69, 9.17) is 9.90 Å². The number of carbonyl (C=O) groups is 1. The molecule has 0 aliphatic heterocycles. The predicted molar refractivity (Wildman–Crippen MR) is 343 cm³/mol. The van der Waals surface area contributed by atoms with Crippen LogP contribution in [0.3, 0.4) is 0 Å². The summed E-state index contributed by atoms with van der Waals surface area (Å²) in [5, 5.41) is 8.89. The Labute approximate surface area is 483 Å². The van der Waals surface area contributed by atoms with Crippen LogP contribution in [0.5, 0.6) is 0 Å². The molecule has 0 atom stereocenters. The molecule has 77 heavy (non-hydrogen) atoms. The lowest BCUT2D eigenvalue weighted by Crippen LogP contribution is -2.20. The highest BCUT2D eigenvalue weighted by Gasteiger charge is 2.41. The van der Waals surface area contributed by atoms with Crippen molar-refractivity contribution < 1.29 is 9.90 Å². The lowest BCUT2D eigenvalue weighted by Gasteiger charge is -2.26. The molecular weight excluding hydrogens is 953 g/mol. The molecule has 0 unspecified atom stereocenters. The third-order valence-corrected chi connectivity index (χ3v) is 19.1. The monoisotopic (exact) mass is 1080 g/mol. The van der Waals surface area contributed by atoms with E-state index in [9.17, 15) is 0 Å². The number of benzene rings is 3. The minimum Gasteiger partial charge on any atom is -0.550 e. The van der Waals surface area contributed by atoms with Gasteiger partial charge in [-0.1, -0.05) is 272 Å². The Balaban J connectivity index is 0.00000489. The van der Waals surface area contributed by atoms with Crippen molar-refractivity contribution in [2.75, 3.05) is 0 Å². The van der Waals surface area contributed by atoms with Gasteiger partial charge in [0.05, 0.1) is 0 Å². The van der Waals surface area contributed by atoms with Crippen LogP contribution < -0.4 is 5.11 Å². The van der Waals surface area contributed by atoms with E-state index >= 15 is 0 Å². The molecule has 3 aromatic carbocycles. The summed E-state index contributed by atoms with van der Waals surface area (Å²) in [4.78, 5) is 14.4. The fourth-order valence-electron chi connectivity index (χ4n) is 11.8. The summed E-state index contributed by atoms with van der Waals surface area (Å²) in [6.45, 7) is 22.5. The van der Waals surface area contributed by atoms with E-state index in [1.165, 1.54) is 289 Å². The molecule has 0 N–H and O–H groups in total. The first-order valence-electron chi connectivity index (χ1n) is 34.0. The van der Waals surface area contributed by atoms with E-state index in [1.54, 1.807) is 50.1 Å². The molecular formula is C74H126O2S. The van der Waals surface area contributed by atoms with Crippen molar-refractivity contribution in [3.63, 3.8) is 0 Å². The zero-order valence-corrected chi connectivity index (χ0v) is 53.8. The Kier molecular flexibility index (Phi) is 43.2. The number of carbonyl (C=O) groups excluding carboxylic acids is 1. The molecule has 3 aromatic rings. The Morgan fingerprint density at radius 1 is 0.273 bits per heavy atom. The van der Waals surface area contributed by atoms with Crippen molar-refractivity contribution in [2.24, 2.45) is 0 Å². The number of carboxylic acids is 1. The van der Waals surface area contributed by atoms with E-state index in [0.29, 0.717) is 0 Å². The van der Waals surface area contributed by atoms with Crippen LogP contribution >= 0.6 is 0 Å². The van der Waals surface area contributed by atoms with Crippen molar-refractivity contribution in [3.8, 4) is 0 Å². The van der Waals surface area contributed by atoms with Gasteiger partial charge < -0.3 is 9.90 Å². The highest BCUT2D eigenvalue weighted by Crippen LogP contribution is 2.46. The molecule has 0 heterocycles. The first kappa shape index (κ1) is 70.6. The quantitative estimate of drug-likeness (QED) is 0.0418. The molecule has 440 valence electrons. The van der Waals surface area contributed by atoms with Crippen molar-refractivity contribution >= 4 is 16.9 Å². The molecule has 0 aliphatic rings. The maximum atomic E-state index is 8.89. The standard InChI is InChI=1S/C72H123S.C2H4O2/c1-10-19-28-37-46-61-55-64(49-40-31-22-13-4)70(65(56-61)50-41-32-23-14-5)73(71-66(51-42-33-24-15-6)57-62(47-38-29-20-11-2)58-67(71)52-43-34-25-16-7)72-68(53-44-35-26-17-8)59-63(48-39-30-21-12-3)60-69(72)54-45-36-27-18-9;1-2(3)4/h55-60H,10-54H2,1-9H3;1H3,(H,3,4)/q+1;/p-1. The Hall–Kier alpha value is -2.52. The maximum absolute atomic E-state index is 8.89. The van der Waals surface area contributed by atoms with E-state index in [2.05, 4.69) is 98.7 Å². The molecule has 2 nitrogen and oxygen atoms in total. The largest absolute Gasteiger partial charge is 0.550 e. The summed E-state index contributed by atoms with van der Waals surface area (Å²) in [5.41, 5.74) is 15.5. The average Bonchev–Trinajstić information content (AvgIpc) is 3.43. The summed E-state index contributed by atoms with van der Waals surface area (Å²) in [6.07, 6.45) is 59.3. The van der Waals surface area contributed by atoms with E-state index in [-0.39, 0.29) is 10.9 Å². The minimum atomic E-state index is -1.08. The van der Waals surface area contributed by atoms with Crippen molar-refractivity contribution in [1.29, 1.82) is 0 Å². The highest BCUT2D eigenvalue weighted by atomic mass is 32.2. The van der Waals surface area contributed by atoms with Gasteiger partial charge >= 0.3 is 0 Å². The normalized spacial score (nSPS) is 11.5. The Morgan fingerprint density at radius 2 is 0.416 bits per heavy atom. The third-order valence-electron chi connectivity index (χ3n) is 16.3. The summed E-state index contributed by atoms with van der Waals surface area (Å²) in [6, 6.07) is 17.1. The van der Waals surface area contributed by atoms with Gasteiger partial charge in [0.1, 0.15) is 10.9 Å². The zero-order chi connectivity index (χ0) is 56.1. The average molecular weight is 1080 g/mol. The van der Waals surface area contributed by atoms with Gasteiger partial charge in [-0.2, -0.15) is 0 Å². The summed E-state index contributed by atoms with van der Waals surface area (Å²) in [7, 11) is -0.178. The molecule has 0 radical (unpaired) electrons. The van der Waals surface area contributed by atoms with Gasteiger partial charge in [0.25, 0.3) is 0 Å². The molecule has 0 spiro atoms. The number of hydrogen-bond acceptors (Lipinski definition) is 2. The second-order valence-electron chi connectivity index (χ2n) is 23.8. The topological polar surface area (TPSA) is 40.1 Å². The van der Waals surface area contributed by atoms with Crippen LogP contribution in [0.4, 0.5) is 0 Å². The SMILES string of the molecule is CC(=O)[O-].CCCCCCc1cc(CCCCCC)c([S+](c2c(CCCCCC)cc(CCCCCC)cc2CCCCCC)c2c(CCCCCC)cc(CCCCCC)cc2CCCCCC)c(CCCCCC)c1. The maximum Gasteiger partial charge on any atom is 0.172 e. The summed E-state index contributed by atoms with van der Waals surface area (Å²) in [5.74, 6) is -1.08. The number of carboxylic acid groups (broad SMARTS) is 1. The lowest BCUT2D eigenvalue weighted by atomic mass is 9.94. The number of rotatable bonds is 48. The van der Waals surface area contributed by atoms with Crippen molar-refractivity contribution in [2.45, 2.75) is 373 Å². The van der Waals surface area contributed by atoms with Crippen LogP contribution in [0.2, 0.25) is 0 Å². The smallest absolute Gasteiger partial charge is 0.172 e. The number of hydrogen-bond donors (Lipinski definition) is 0. The number of unbranched alkanes of at least 4 members (excludes halogenated alkanes) is 27. The van der Waals surface area contributed by atoms with Crippen molar-refractivity contribution in [3.05, 3.63) is 86.5 Å². The minimum absolute atomic E-state index is 0.178. The third kappa shape index (κ3) is 30.2. The van der Waals surface area contributed by atoms with E-state index in [0.717, 1.165) is 6.92 Å². The highest BCUT2D eigenvalue weighted by molar-refractivity contribution is 7.97.